The van der Waals surface area contributed by atoms with E-state index in [2.05, 4.69) is 5.32 Å². The van der Waals surface area contributed by atoms with Crippen LogP contribution < -0.4 is 5.32 Å². The predicted octanol–water partition coefficient (Wildman–Crippen LogP) is 4.38. The molecule has 0 aliphatic heterocycles. The summed E-state index contributed by atoms with van der Waals surface area (Å²) < 4.78 is 5.36. The molecule has 0 saturated heterocycles. The second kappa shape index (κ2) is 10.3. The molecule has 0 heterocycles. The van der Waals surface area contributed by atoms with Crippen LogP contribution in [0, 0.1) is 0 Å². The Morgan fingerprint density at radius 3 is 1.97 bits per heavy atom. The van der Waals surface area contributed by atoms with Crippen molar-refractivity contribution in [3.8, 4) is 0 Å². The van der Waals surface area contributed by atoms with Gasteiger partial charge in [-0.3, -0.25) is 9.59 Å². The minimum absolute atomic E-state index is 0.122. The molecule has 1 N–H and O–H groups in total. The number of amides is 1. The third kappa shape index (κ3) is 5.66. The first-order valence-electron chi connectivity index (χ1n) is 10.2. The zero-order valence-corrected chi connectivity index (χ0v) is 17.6. The van der Waals surface area contributed by atoms with Gasteiger partial charge in [-0.15, -0.1) is 0 Å². The van der Waals surface area contributed by atoms with E-state index in [0.717, 1.165) is 5.56 Å². The molecule has 0 aliphatic rings. The number of nitrogens with one attached hydrogen (secondary N) is 1. The Hall–Kier alpha value is -3.73. The van der Waals surface area contributed by atoms with Crippen LogP contribution in [0.25, 0.3) is 0 Å². The van der Waals surface area contributed by atoms with E-state index in [0.29, 0.717) is 12.1 Å². The van der Waals surface area contributed by atoms with Gasteiger partial charge in [0.15, 0.2) is 11.9 Å². The fourth-order valence-corrected chi connectivity index (χ4v) is 3.18. The summed E-state index contributed by atoms with van der Waals surface area (Å²) in [4.78, 5) is 38.0. The first-order chi connectivity index (χ1) is 15.0. The number of hydrogen-bond donors (Lipinski definition) is 1. The number of carbonyl (C=O) groups excluding carboxylic acids is 3. The van der Waals surface area contributed by atoms with Gasteiger partial charge in [0.25, 0.3) is 5.91 Å². The van der Waals surface area contributed by atoms with Crippen molar-refractivity contribution in [1.29, 1.82) is 0 Å². The number of ether oxygens (including phenoxy) is 1. The van der Waals surface area contributed by atoms with Gasteiger partial charge in [-0.2, -0.15) is 0 Å². The Morgan fingerprint density at radius 2 is 1.32 bits per heavy atom. The van der Waals surface area contributed by atoms with Crippen LogP contribution in [0.2, 0.25) is 0 Å². The molecule has 2 atom stereocenters. The summed E-state index contributed by atoms with van der Waals surface area (Å²) in [5.74, 6) is -1.25. The van der Waals surface area contributed by atoms with Crippen LogP contribution in [-0.4, -0.2) is 30.3 Å². The number of benzene rings is 3. The van der Waals surface area contributed by atoms with Gasteiger partial charge in [-0.1, -0.05) is 85.8 Å². The van der Waals surface area contributed by atoms with E-state index in [-0.39, 0.29) is 28.7 Å². The molecule has 3 rings (SSSR count). The van der Waals surface area contributed by atoms with Crippen LogP contribution in [0.3, 0.4) is 0 Å². The van der Waals surface area contributed by atoms with Gasteiger partial charge >= 0.3 is 5.97 Å². The average Bonchev–Trinajstić information content (AvgIpc) is 2.82. The van der Waals surface area contributed by atoms with Crippen molar-refractivity contribution in [3.05, 3.63) is 107 Å². The molecule has 1 amide bonds. The van der Waals surface area contributed by atoms with Crippen molar-refractivity contribution in [2.45, 2.75) is 25.9 Å². The summed E-state index contributed by atoms with van der Waals surface area (Å²) in [5.41, 5.74) is 1.96. The standard InChI is InChI=1S/C26H25NO4/c1-18(20-11-5-3-6-12-20)17-27-25(29)19(2)31-26(30)23-16-10-9-15-22(23)24(28)21-13-7-4-8-14-21/h3-16,18-19H,17H2,1-2H3,(H,27,29)/t18-,19-/m0/s1. The Balaban J connectivity index is 1.63. The second-order valence-corrected chi connectivity index (χ2v) is 7.35. The molecule has 0 unspecified atom stereocenters. The smallest absolute Gasteiger partial charge is 0.339 e. The molecule has 5 heteroatoms. The molecule has 0 saturated carbocycles. The molecule has 0 aliphatic carbocycles. The molecule has 5 nitrogen and oxygen atoms in total. The lowest BCUT2D eigenvalue weighted by atomic mass is 9.98. The van der Waals surface area contributed by atoms with Gasteiger partial charge in [-0.25, -0.2) is 4.79 Å². The number of hydrogen-bond acceptors (Lipinski definition) is 4. The average molecular weight is 415 g/mol. The van der Waals surface area contributed by atoms with E-state index < -0.39 is 12.1 Å². The van der Waals surface area contributed by atoms with Crippen molar-refractivity contribution in [3.63, 3.8) is 0 Å². The summed E-state index contributed by atoms with van der Waals surface area (Å²) in [6.45, 7) is 3.95. The highest BCUT2D eigenvalue weighted by Gasteiger charge is 2.23. The van der Waals surface area contributed by atoms with Crippen molar-refractivity contribution in [2.75, 3.05) is 6.54 Å². The maximum atomic E-state index is 12.8. The molecule has 0 bridgehead atoms. The largest absolute Gasteiger partial charge is 0.449 e. The van der Waals surface area contributed by atoms with E-state index in [1.54, 1.807) is 42.5 Å². The van der Waals surface area contributed by atoms with Gasteiger partial charge in [0.1, 0.15) is 0 Å². The van der Waals surface area contributed by atoms with Crippen LogP contribution in [-0.2, 0) is 9.53 Å². The van der Waals surface area contributed by atoms with E-state index >= 15 is 0 Å². The highest BCUT2D eigenvalue weighted by atomic mass is 16.5. The van der Waals surface area contributed by atoms with Crippen molar-refractivity contribution in [1.82, 2.24) is 5.32 Å². The fourth-order valence-electron chi connectivity index (χ4n) is 3.18. The molecular weight excluding hydrogens is 390 g/mol. The summed E-state index contributed by atoms with van der Waals surface area (Å²) in [6, 6.07) is 25.0. The van der Waals surface area contributed by atoms with Gasteiger partial charge < -0.3 is 10.1 Å². The highest BCUT2D eigenvalue weighted by Crippen LogP contribution is 2.17. The van der Waals surface area contributed by atoms with Gasteiger partial charge in [0, 0.05) is 17.7 Å². The van der Waals surface area contributed by atoms with E-state index in [1.165, 1.54) is 13.0 Å². The summed E-state index contributed by atoms with van der Waals surface area (Å²) in [7, 11) is 0. The van der Waals surface area contributed by atoms with Crippen molar-refractivity contribution >= 4 is 17.7 Å². The van der Waals surface area contributed by atoms with E-state index in [9.17, 15) is 14.4 Å². The molecule has 3 aromatic rings. The molecule has 0 spiro atoms. The van der Waals surface area contributed by atoms with Crippen LogP contribution in [0.5, 0.6) is 0 Å². The summed E-state index contributed by atoms with van der Waals surface area (Å²) >= 11 is 0. The van der Waals surface area contributed by atoms with E-state index in [1.807, 2.05) is 43.3 Å². The van der Waals surface area contributed by atoms with Crippen LogP contribution in [0.15, 0.2) is 84.9 Å². The maximum Gasteiger partial charge on any atom is 0.339 e. The highest BCUT2D eigenvalue weighted by molar-refractivity contribution is 6.14. The Morgan fingerprint density at radius 1 is 0.774 bits per heavy atom. The quantitative estimate of drug-likeness (QED) is 0.438. The maximum absolute atomic E-state index is 12.8. The zero-order valence-electron chi connectivity index (χ0n) is 17.6. The zero-order chi connectivity index (χ0) is 22.2. The van der Waals surface area contributed by atoms with E-state index in [4.69, 9.17) is 4.74 Å². The molecule has 0 fully saturated rings. The SMILES string of the molecule is C[C@H](OC(=O)c1ccccc1C(=O)c1ccccc1)C(=O)NC[C@H](C)c1ccccc1. The minimum atomic E-state index is -0.990. The lowest BCUT2D eigenvalue weighted by molar-refractivity contribution is -0.129. The molecule has 31 heavy (non-hydrogen) atoms. The molecule has 0 radical (unpaired) electrons. The molecule has 158 valence electrons. The van der Waals surface area contributed by atoms with Gasteiger partial charge in [0.2, 0.25) is 0 Å². The lowest BCUT2D eigenvalue weighted by Crippen LogP contribution is -2.37. The molecule has 0 aromatic heterocycles. The minimum Gasteiger partial charge on any atom is -0.449 e. The summed E-state index contributed by atoms with van der Waals surface area (Å²) in [6.07, 6.45) is -0.990. The van der Waals surface area contributed by atoms with Crippen LogP contribution >= 0.6 is 0 Å². The topological polar surface area (TPSA) is 72.5 Å². The fraction of sp³-hybridized carbons (Fsp3) is 0.192. The van der Waals surface area contributed by atoms with Crippen molar-refractivity contribution in [2.24, 2.45) is 0 Å². The number of carbonyl (C=O) groups is 3. The Bertz CT molecular complexity index is 1050. The second-order valence-electron chi connectivity index (χ2n) is 7.35. The third-order valence-electron chi connectivity index (χ3n) is 5.03. The molecule has 3 aromatic carbocycles. The van der Waals surface area contributed by atoms with Crippen LogP contribution in [0.1, 0.15) is 51.6 Å². The third-order valence-corrected chi connectivity index (χ3v) is 5.03. The normalized spacial score (nSPS) is 12.5. The van der Waals surface area contributed by atoms with Crippen molar-refractivity contribution < 1.29 is 19.1 Å². The lowest BCUT2D eigenvalue weighted by Gasteiger charge is -2.17. The van der Waals surface area contributed by atoms with Gasteiger partial charge in [-0.05, 0) is 24.5 Å². The monoisotopic (exact) mass is 415 g/mol. The number of esters is 1. The molecular formula is C26H25NO4. The Kier molecular flexibility index (Phi) is 7.33. The number of rotatable bonds is 8. The Labute approximate surface area is 182 Å². The first-order valence-corrected chi connectivity index (χ1v) is 10.2. The first kappa shape index (κ1) is 22.0. The predicted molar refractivity (Wildman–Crippen MR) is 119 cm³/mol. The van der Waals surface area contributed by atoms with Crippen LogP contribution in [0.4, 0.5) is 0 Å². The van der Waals surface area contributed by atoms with Gasteiger partial charge in [0.05, 0.1) is 5.56 Å². The summed E-state index contributed by atoms with van der Waals surface area (Å²) in [5, 5.41) is 2.82. The number of ketones is 1.